The summed E-state index contributed by atoms with van der Waals surface area (Å²) in [7, 11) is 0. The average Bonchev–Trinajstić information content (AvgIpc) is 2.22. The largest absolute Gasteiger partial charge is 0.0985 e. The lowest BCUT2D eigenvalue weighted by molar-refractivity contribution is 0.917. The lowest BCUT2D eigenvalue weighted by Crippen LogP contribution is -1.90. The number of hydrogen-bond acceptors (Lipinski definition) is 0. The summed E-state index contributed by atoms with van der Waals surface area (Å²) in [4.78, 5) is 0. The molecule has 1 aromatic rings. The molecule has 0 radical (unpaired) electrons. The molecule has 0 nitrogen and oxygen atoms in total. The van der Waals surface area contributed by atoms with E-state index in [-0.39, 0.29) is 0 Å². The molecule has 1 rings (SSSR count). The van der Waals surface area contributed by atoms with Gasteiger partial charge in [0.25, 0.3) is 0 Å². The quantitative estimate of drug-likeness (QED) is 0.652. The van der Waals surface area contributed by atoms with Crippen molar-refractivity contribution < 1.29 is 0 Å². The van der Waals surface area contributed by atoms with E-state index in [1.165, 1.54) is 23.1 Å². The molecule has 0 N–H and O–H groups in total. The van der Waals surface area contributed by atoms with Crippen molar-refractivity contribution >= 4 is 6.08 Å². The molecule has 0 amide bonds. The molecular formula is C14H22. The van der Waals surface area contributed by atoms with Crippen molar-refractivity contribution in [1.29, 1.82) is 0 Å². The molecule has 0 atom stereocenters. The highest BCUT2D eigenvalue weighted by Gasteiger charge is 1.99. The lowest BCUT2D eigenvalue weighted by Gasteiger charge is -2.06. The van der Waals surface area contributed by atoms with Crippen LogP contribution in [-0.2, 0) is 6.42 Å². The lowest BCUT2D eigenvalue weighted by atomic mass is 9.99. The second-order valence-corrected chi connectivity index (χ2v) is 3.10. The van der Waals surface area contributed by atoms with Gasteiger partial charge < -0.3 is 0 Å². The zero-order valence-electron chi connectivity index (χ0n) is 9.93. The fourth-order valence-corrected chi connectivity index (χ4v) is 1.52. The predicted molar refractivity (Wildman–Crippen MR) is 66.6 cm³/mol. The molecular weight excluding hydrogens is 168 g/mol. The first-order valence-corrected chi connectivity index (χ1v) is 5.50. The van der Waals surface area contributed by atoms with Gasteiger partial charge in [-0.2, -0.15) is 0 Å². The minimum atomic E-state index is 1.16. The van der Waals surface area contributed by atoms with Gasteiger partial charge in [-0.25, -0.2) is 0 Å². The van der Waals surface area contributed by atoms with E-state index in [4.69, 9.17) is 0 Å². The van der Waals surface area contributed by atoms with Crippen molar-refractivity contribution in [3.8, 4) is 0 Å². The second-order valence-electron chi connectivity index (χ2n) is 3.10. The van der Waals surface area contributed by atoms with E-state index < -0.39 is 0 Å². The first-order valence-electron chi connectivity index (χ1n) is 5.50. The van der Waals surface area contributed by atoms with Gasteiger partial charge in [-0.05, 0) is 30.0 Å². The molecule has 0 aliphatic heterocycles. The smallest absolute Gasteiger partial charge is 0.0201 e. The fourth-order valence-electron chi connectivity index (χ4n) is 1.52. The van der Waals surface area contributed by atoms with Crippen LogP contribution in [0.1, 0.15) is 43.9 Å². The highest BCUT2D eigenvalue weighted by molar-refractivity contribution is 5.56. The summed E-state index contributed by atoms with van der Waals surface area (Å²) in [6.07, 6.45) is 4.31. The zero-order chi connectivity index (χ0) is 11.0. The molecule has 0 heteroatoms. The molecule has 78 valence electrons. The summed E-state index contributed by atoms with van der Waals surface area (Å²) in [5, 5.41) is 0. The summed E-state index contributed by atoms with van der Waals surface area (Å²) in [6, 6.07) is 6.44. The third-order valence-electron chi connectivity index (χ3n) is 2.14. The molecule has 0 aliphatic rings. The van der Waals surface area contributed by atoms with Gasteiger partial charge in [0.2, 0.25) is 0 Å². The fraction of sp³-hybridized carbons (Fsp3) is 0.429. The molecule has 0 spiro atoms. The Kier molecular flexibility index (Phi) is 6.82. The Morgan fingerprint density at radius 1 is 1.29 bits per heavy atom. The maximum atomic E-state index is 3.83. The highest BCUT2D eigenvalue weighted by atomic mass is 14.0. The standard InChI is InChI=1S/C12H16.C2H6/c1-4-7-11-9-6-8-10(3)12(11)5-2;1-2/h5-6,8-9H,2,4,7H2,1,3H3;1-2H3. The molecule has 14 heavy (non-hydrogen) atoms. The summed E-state index contributed by atoms with van der Waals surface area (Å²) >= 11 is 0. The van der Waals surface area contributed by atoms with Crippen LogP contribution in [0.3, 0.4) is 0 Å². The van der Waals surface area contributed by atoms with Gasteiger partial charge in [-0.1, -0.05) is 58.0 Å². The molecule has 0 aromatic heterocycles. The van der Waals surface area contributed by atoms with Gasteiger partial charge in [-0.3, -0.25) is 0 Å². The Hall–Kier alpha value is -1.04. The third kappa shape index (κ3) is 3.37. The summed E-state index contributed by atoms with van der Waals surface area (Å²) in [5.74, 6) is 0. The van der Waals surface area contributed by atoms with E-state index in [9.17, 15) is 0 Å². The van der Waals surface area contributed by atoms with Gasteiger partial charge in [0.15, 0.2) is 0 Å². The van der Waals surface area contributed by atoms with Crippen LogP contribution in [0.15, 0.2) is 24.8 Å². The normalized spacial score (nSPS) is 8.86. The maximum Gasteiger partial charge on any atom is -0.0201 e. The summed E-state index contributed by atoms with van der Waals surface area (Å²) in [5.41, 5.74) is 4.07. The predicted octanol–water partition coefficient (Wildman–Crippen LogP) is 4.62. The Balaban J connectivity index is 0.000000791. The average molecular weight is 190 g/mol. The Bertz CT molecular complexity index is 271. The van der Waals surface area contributed by atoms with Gasteiger partial charge in [0, 0.05) is 0 Å². The van der Waals surface area contributed by atoms with Crippen molar-refractivity contribution in [3.63, 3.8) is 0 Å². The molecule has 0 aliphatic carbocycles. The van der Waals surface area contributed by atoms with Crippen LogP contribution in [0, 0.1) is 6.92 Å². The van der Waals surface area contributed by atoms with Crippen LogP contribution in [0.2, 0.25) is 0 Å². The van der Waals surface area contributed by atoms with Crippen molar-refractivity contribution in [2.75, 3.05) is 0 Å². The highest BCUT2D eigenvalue weighted by Crippen LogP contribution is 2.16. The number of aryl methyl sites for hydroxylation is 2. The Morgan fingerprint density at radius 3 is 2.43 bits per heavy atom. The van der Waals surface area contributed by atoms with Crippen molar-refractivity contribution in [2.24, 2.45) is 0 Å². The van der Waals surface area contributed by atoms with Crippen LogP contribution in [-0.4, -0.2) is 0 Å². The SMILES string of the molecule is C=Cc1c(C)cccc1CCC.CC. The van der Waals surface area contributed by atoms with Gasteiger partial charge in [0.1, 0.15) is 0 Å². The molecule has 0 fully saturated rings. The van der Waals surface area contributed by atoms with E-state index in [1.807, 2.05) is 19.9 Å². The summed E-state index contributed by atoms with van der Waals surface area (Å²) < 4.78 is 0. The first-order chi connectivity index (χ1) is 6.79. The van der Waals surface area contributed by atoms with Crippen LogP contribution >= 0.6 is 0 Å². The number of benzene rings is 1. The van der Waals surface area contributed by atoms with E-state index in [1.54, 1.807) is 0 Å². The van der Waals surface area contributed by atoms with E-state index >= 15 is 0 Å². The van der Waals surface area contributed by atoms with E-state index in [2.05, 4.69) is 38.6 Å². The minimum Gasteiger partial charge on any atom is -0.0985 e. The summed E-state index contributed by atoms with van der Waals surface area (Å²) in [6.45, 7) is 12.2. The Labute approximate surface area is 88.7 Å². The first kappa shape index (κ1) is 13.0. The molecule has 0 bridgehead atoms. The van der Waals surface area contributed by atoms with Gasteiger partial charge in [0.05, 0.1) is 0 Å². The number of rotatable bonds is 3. The van der Waals surface area contributed by atoms with Crippen LogP contribution < -0.4 is 0 Å². The molecule has 1 aromatic carbocycles. The van der Waals surface area contributed by atoms with Crippen molar-refractivity contribution in [2.45, 2.75) is 40.5 Å². The van der Waals surface area contributed by atoms with E-state index in [0.717, 1.165) is 6.42 Å². The molecule has 0 saturated carbocycles. The second kappa shape index (κ2) is 7.37. The molecule has 0 saturated heterocycles. The topological polar surface area (TPSA) is 0 Å². The van der Waals surface area contributed by atoms with Crippen molar-refractivity contribution in [1.82, 2.24) is 0 Å². The zero-order valence-corrected chi connectivity index (χ0v) is 9.93. The molecule has 0 unspecified atom stereocenters. The van der Waals surface area contributed by atoms with Crippen LogP contribution in [0.4, 0.5) is 0 Å². The van der Waals surface area contributed by atoms with Crippen LogP contribution in [0.25, 0.3) is 6.08 Å². The Morgan fingerprint density at radius 2 is 1.93 bits per heavy atom. The molecule has 0 heterocycles. The van der Waals surface area contributed by atoms with Crippen molar-refractivity contribution in [3.05, 3.63) is 41.5 Å². The van der Waals surface area contributed by atoms with Crippen LogP contribution in [0.5, 0.6) is 0 Å². The van der Waals surface area contributed by atoms with Gasteiger partial charge in [-0.15, -0.1) is 0 Å². The monoisotopic (exact) mass is 190 g/mol. The van der Waals surface area contributed by atoms with E-state index in [0.29, 0.717) is 0 Å². The minimum absolute atomic E-state index is 1.16. The number of hydrogen-bond donors (Lipinski definition) is 0. The van der Waals surface area contributed by atoms with Gasteiger partial charge >= 0.3 is 0 Å². The maximum absolute atomic E-state index is 3.83. The third-order valence-corrected chi connectivity index (χ3v) is 2.14.